The Morgan fingerprint density at radius 3 is 2.21 bits per heavy atom. The van der Waals surface area contributed by atoms with Gasteiger partial charge in [-0.1, -0.05) is 12.1 Å². The van der Waals surface area contributed by atoms with Gasteiger partial charge in [-0.3, -0.25) is 9.87 Å². The number of aromatic hydroxyl groups is 1. The van der Waals surface area contributed by atoms with E-state index in [-0.39, 0.29) is 10.3 Å². The summed E-state index contributed by atoms with van der Waals surface area (Å²) in [5.41, 5.74) is 1.02. The molecule has 152 valence electrons. The number of anilines is 1. The molecular weight excluding hydrogens is 412 g/mol. The summed E-state index contributed by atoms with van der Waals surface area (Å²) < 4.78 is 56.9. The molecule has 13 heteroatoms. The predicted octanol–water partition coefficient (Wildman–Crippen LogP) is 0.910. The van der Waals surface area contributed by atoms with Gasteiger partial charge in [0.25, 0.3) is 20.1 Å². The average Bonchev–Trinajstić information content (AvgIpc) is 2.52. The summed E-state index contributed by atoms with van der Waals surface area (Å²) in [7, 11) is -9.23. The molecule has 1 aromatic heterocycles. The Labute approximate surface area is 161 Å². The monoisotopic (exact) mass is 430 g/mol. The zero-order valence-electron chi connectivity index (χ0n) is 14.9. The zero-order chi connectivity index (χ0) is 21.1. The van der Waals surface area contributed by atoms with Crippen LogP contribution in [-0.4, -0.2) is 59.1 Å². The zero-order valence-corrected chi connectivity index (χ0v) is 16.5. The van der Waals surface area contributed by atoms with E-state index in [1.54, 1.807) is 19.9 Å². The van der Waals surface area contributed by atoms with E-state index in [9.17, 15) is 26.7 Å². The number of phenolic OH excluding ortho intramolecular Hbond substituents is 1. The topological polar surface area (TPSA) is 167 Å². The first-order valence-corrected chi connectivity index (χ1v) is 10.8. The molecule has 1 aromatic carbocycles. The normalized spacial score (nSPS) is 11.8. The third-order valence-corrected chi connectivity index (χ3v) is 5.94. The molecule has 0 saturated carbocycles. The summed E-state index contributed by atoms with van der Waals surface area (Å²) in [6.07, 6.45) is 0. The Hall–Kier alpha value is -2.77. The van der Waals surface area contributed by atoms with Crippen molar-refractivity contribution in [1.82, 2.24) is 14.3 Å². The van der Waals surface area contributed by atoms with E-state index >= 15 is 0 Å². The van der Waals surface area contributed by atoms with Crippen LogP contribution in [0.2, 0.25) is 0 Å². The predicted molar refractivity (Wildman–Crippen MR) is 98.9 cm³/mol. The summed E-state index contributed by atoms with van der Waals surface area (Å²) in [6, 6.07) is 5.21. The lowest BCUT2D eigenvalue weighted by Crippen LogP contribution is -2.42. The minimum absolute atomic E-state index is 0.177. The van der Waals surface area contributed by atoms with Crippen LogP contribution < -0.4 is 5.32 Å². The minimum atomic E-state index is -4.65. The van der Waals surface area contributed by atoms with Gasteiger partial charge in [0.2, 0.25) is 5.95 Å². The molecule has 28 heavy (non-hydrogen) atoms. The number of carbonyl (C=O) groups is 1. The minimum Gasteiger partial charge on any atom is -0.507 e. The van der Waals surface area contributed by atoms with Gasteiger partial charge in [-0.25, -0.2) is 27.5 Å². The number of carbonyl (C=O) groups excluding carboxylic acids is 1. The van der Waals surface area contributed by atoms with Crippen molar-refractivity contribution in [2.24, 2.45) is 0 Å². The summed E-state index contributed by atoms with van der Waals surface area (Å²) >= 11 is 0. The maximum Gasteiger partial charge on any atom is 0.338 e. The smallest absolute Gasteiger partial charge is 0.338 e. The van der Waals surface area contributed by atoms with Crippen molar-refractivity contribution >= 4 is 32.1 Å². The highest BCUT2D eigenvalue weighted by Gasteiger charge is 2.32. The maximum atomic E-state index is 12.8. The summed E-state index contributed by atoms with van der Waals surface area (Å²) in [6.45, 7) is 2.38. The summed E-state index contributed by atoms with van der Waals surface area (Å²) in [4.78, 5) is 19.9. The fourth-order valence-electron chi connectivity index (χ4n) is 2.26. The molecule has 1 heterocycles. The van der Waals surface area contributed by atoms with Crippen molar-refractivity contribution < 1.29 is 31.3 Å². The Morgan fingerprint density at radius 2 is 1.68 bits per heavy atom. The molecule has 0 bridgehead atoms. The van der Waals surface area contributed by atoms with Crippen LogP contribution in [-0.2, 0) is 20.1 Å². The lowest BCUT2D eigenvalue weighted by Gasteiger charge is -2.22. The Bertz CT molecular complexity index is 1080. The number of benzene rings is 1. The lowest BCUT2D eigenvalue weighted by atomic mass is 10.3. The number of aryl methyl sites for hydroxylation is 2. The van der Waals surface area contributed by atoms with E-state index in [2.05, 4.69) is 15.3 Å². The molecule has 11 nitrogen and oxygen atoms in total. The number of nitrogens with zero attached hydrogens (tertiary/aromatic N) is 3. The van der Waals surface area contributed by atoms with E-state index in [0.717, 1.165) is 12.1 Å². The van der Waals surface area contributed by atoms with E-state index in [1.807, 2.05) is 0 Å². The number of amides is 2. The molecule has 0 fully saturated rings. The number of urea groups is 1. The second kappa shape index (κ2) is 8.08. The van der Waals surface area contributed by atoms with Crippen LogP contribution in [0.25, 0.3) is 0 Å². The third-order valence-electron chi connectivity index (χ3n) is 3.41. The second-order valence-corrected chi connectivity index (χ2v) is 9.14. The first kappa shape index (κ1) is 21.5. The van der Waals surface area contributed by atoms with Crippen LogP contribution in [0, 0.1) is 13.8 Å². The van der Waals surface area contributed by atoms with Crippen molar-refractivity contribution in [1.29, 1.82) is 0 Å². The van der Waals surface area contributed by atoms with Crippen LogP contribution in [0.1, 0.15) is 11.4 Å². The van der Waals surface area contributed by atoms with Crippen LogP contribution in [0.5, 0.6) is 5.75 Å². The van der Waals surface area contributed by atoms with Crippen molar-refractivity contribution in [3.05, 3.63) is 41.7 Å². The summed E-state index contributed by atoms with van der Waals surface area (Å²) in [5.74, 6) is -1.86. The van der Waals surface area contributed by atoms with Gasteiger partial charge in [0.1, 0.15) is 10.6 Å². The molecule has 0 spiro atoms. The standard InChI is InChI=1S/C15H18N4O7S2/c1-10-9-11(2)17-14(16-10)18-15(21)19(7-8-27(22,23)24)28(25,26)13-6-4-3-5-12(13)20/h3-6,9,20H,7-8H2,1-2H3,(H,22,23,24)(H,16,17,18,21). The number of nitrogens with one attached hydrogen (secondary N) is 1. The molecule has 2 aromatic rings. The fraction of sp³-hybridized carbons (Fsp3) is 0.267. The molecule has 0 saturated heterocycles. The van der Waals surface area contributed by atoms with E-state index in [1.165, 1.54) is 12.1 Å². The Kier molecular flexibility index (Phi) is 6.21. The molecule has 2 rings (SSSR count). The number of sulfonamides is 1. The molecule has 0 atom stereocenters. The number of para-hydroxylation sites is 1. The van der Waals surface area contributed by atoms with Crippen LogP contribution in [0.3, 0.4) is 0 Å². The van der Waals surface area contributed by atoms with Gasteiger partial charge in [-0.2, -0.15) is 8.42 Å². The lowest BCUT2D eigenvalue weighted by molar-refractivity contribution is 0.237. The molecule has 2 amide bonds. The van der Waals surface area contributed by atoms with Crippen LogP contribution in [0.15, 0.2) is 35.2 Å². The van der Waals surface area contributed by atoms with Crippen molar-refractivity contribution in [2.45, 2.75) is 18.7 Å². The number of phenols is 1. The number of hydrogen-bond acceptors (Lipinski definition) is 8. The van der Waals surface area contributed by atoms with E-state index in [4.69, 9.17) is 4.55 Å². The quantitative estimate of drug-likeness (QED) is 0.564. The van der Waals surface area contributed by atoms with Crippen LogP contribution >= 0.6 is 0 Å². The maximum absolute atomic E-state index is 12.8. The van der Waals surface area contributed by atoms with Crippen LogP contribution in [0.4, 0.5) is 10.7 Å². The number of hydrogen-bond donors (Lipinski definition) is 3. The second-order valence-electron chi connectivity index (χ2n) is 5.74. The first-order valence-electron chi connectivity index (χ1n) is 7.79. The molecule has 3 N–H and O–H groups in total. The van der Waals surface area contributed by atoms with Crippen molar-refractivity contribution in [2.75, 3.05) is 17.6 Å². The molecule has 0 unspecified atom stereocenters. The highest BCUT2D eigenvalue weighted by molar-refractivity contribution is 7.90. The summed E-state index contributed by atoms with van der Waals surface area (Å²) in [5, 5.41) is 12.0. The van der Waals surface area contributed by atoms with E-state index in [0.29, 0.717) is 11.4 Å². The number of aromatic nitrogens is 2. The van der Waals surface area contributed by atoms with Gasteiger partial charge in [0.15, 0.2) is 0 Å². The van der Waals surface area contributed by atoms with Crippen molar-refractivity contribution in [3.63, 3.8) is 0 Å². The van der Waals surface area contributed by atoms with Gasteiger partial charge in [0, 0.05) is 11.4 Å². The van der Waals surface area contributed by atoms with Gasteiger partial charge in [0.05, 0.1) is 12.3 Å². The molecule has 0 aliphatic rings. The molecular formula is C15H18N4O7S2. The van der Waals surface area contributed by atoms with Gasteiger partial charge >= 0.3 is 6.03 Å². The molecule has 0 aliphatic heterocycles. The highest BCUT2D eigenvalue weighted by atomic mass is 32.2. The molecule has 0 aliphatic carbocycles. The Balaban J connectivity index is 2.43. The SMILES string of the molecule is Cc1cc(C)nc(NC(=O)N(CCS(=O)(=O)O)S(=O)(=O)c2ccccc2O)n1. The van der Waals surface area contributed by atoms with Gasteiger partial charge in [-0.05, 0) is 32.0 Å². The highest BCUT2D eigenvalue weighted by Crippen LogP contribution is 2.25. The Morgan fingerprint density at radius 1 is 1.11 bits per heavy atom. The fourth-order valence-corrected chi connectivity index (χ4v) is 4.21. The molecule has 0 radical (unpaired) electrons. The number of rotatable bonds is 6. The van der Waals surface area contributed by atoms with Gasteiger partial charge < -0.3 is 5.11 Å². The third kappa shape index (κ3) is 5.37. The largest absolute Gasteiger partial charge is 0.507 e. The van der Waals surface area contributed by atoms with Gasteiger partial charge in [-0.15, -0.1) is 0 Å². The van der Waals surface area contributed by atoms with E-state index < -0.39 is 49.1 Å². The average molecular weight is 430 g/mol. The first-order chi connectivity index (χ1) is 12.9. The van der Waals surface area contributed by atoms with Crippen molar-refractivity contribution in [3.8, 4) is 5.75 Å².